The summed E-state index contributed by atoms with van der Waals surface area (Å²) in [5.74, 6) is 0.0312. The molecular formula is C22H27F3N4O3. The average molecular weight is 452 g/mol. The van der Waals surface area contributed by atoms with E-state index in [9.17, 15) is 22.8 Å². The molecule has 0 aromatic heterocycles. The van der Waals surface area contributed by atoms with E-state index < -0.39 is 12.2 Å². The van der Waals surface area contributed by atoms with E-state index in [0.29, 0.717) is 51.3 Å². The van der Waals surface area contributed by atoms with Gasteiger partial charge in [0.1, 0.15) is 12.6 Å². The van der Waals surface area contributed by atoms with Crippen LogP contribution in [0.2, 0.25) is 0 Å². The topological polar surface area (TPSA) is 65.1 Å². The Morgan fingerprint density at radius 2 is 1.78 bits per heavy atom. The molecule has 7 nitrogen and oxygen atoms in total. The zero-order valence-corrected chi connectivity index (χ0v) is 17.7. The van der Waals surface area contributed by atoms with E-state index >= 15 is 0 Å². The number of likely N-dealkylation sites (tertiary alicyclic amines) is 2. The molecule has 0 unspecified atom stereocenters. The maximum Gasteiger partial charge on any atom is 0.408 e. The fraction of sp³-hybridized carbons (Fsp3) is 0.636. The predicted octanol–water partition coefficient (Wildman–Crippen LogP) is 2.33. The molecule has 0 radical (unpaired) electrons. The summed E-state index contributed by atoms with van der Waals surface area (Å²) < 4.78 is 45.3. The van der Waals surface area contributed by atoms with E-state index in [1.165, 1.54) is 4.90 Å². The van der Waals surface area contributed by atoms with Crippen molar-refractivity contribution in [1.29, 1.82) is 0 Å². The van der Waals surface area contributed by atoms with Gasteiger partial charge in [-0.05, 0) is 37.0 Å². The van der Waals surface area contributed by atoms with Crippen molar-refractivity contribution >= 4 is 17.6 Å². The summed E-state index contributed by atoms with van der Waals surface area (Å²) in [4.78, 5) is 29.4. The number of hydrogen-bond acceptors (Lipinski definition) is 4. The second kappa shape index (κ2) is 8.13. The molecule has 4 heterocycles. The molecule has 1 aromatic carbocycles. The zero-order valence-electron chi connectivity index (χ0n) is 17.7. The minimum Gasteiger partial charge on any atom is -0.366 e. The first-order valence-corrected chi connectivity index (χ1v) is 11.2. The number of carbonyl (C=O) groups excluding carboxylic acids is 2. The molecule has 5 rings (SSSR count). The number of urea groups is 1. The minimum absolute atomic E-state index is 0.0352. The Balaban J connectivity index is 1.15. The van der Waals surface area contributed by atoms with Gasteiger partial charge in [-0.1, -0.05) is 12.1 Å². The van der Waals surface area contributed by atoms with Crippen molar-refractivity contribution in [3.8, 4) is 0 Å². The van der Waals surface area contributed by atoms with Gasteiger partial charge >= 0.3 is 12.2 Å². The molecule has 0 spiro atoms. The molecule has 3 amide bonds. The Bertz CT molecular complexity index is 872. The summed E-state index contributed by atoms with van der Waals surface area (Å²) in [6, 6.07) is 5.68. The monoisotopic (exact) mass is 452 g/mol. The summed E-state index contributed by atoms with van der Waals surface area (Å²) in [5.41, 5.74) is 1.63. The number of carbonyl (C=O) groups is 2. The normalized spacial score (nSPS) is 28.9. The molecule has 10 heteroatoms. The van der Waals surface area contributed by atoms with Crippen LogP contribution < -0.4 is 10.2 Å². The Morgan fingerprint density at radius 1 is 1.03 bits per heavy atom. The number of halogens is 3. The van der Waals surface area contributed by atoms with Gasteiger partial charge in [0.25, 0.3) is 0 Å². The summed E-state index contributed by atoms with van der Waals surface area (Å²) in [6.45, 7) is 2.71. The molecule has 3 atom stereocenters. The lowest BCUT2D eigenvalue weighted by molar-refractivity contribution is -0.146. The number of ether oxygens (including phenoxy) is 1. The number of hydrogen-bond donors (Lipinski definition) is 1. The maximum atomic E-state index is 13.2. The number of alkyl halides is 3. The van der Waals surface area contributed by atoms with Crippen molar-refractivity contribution in [2.45, 2.75) is 49.5 Å². The van der Waals surface area contributed by atoms with Gasteiger partial charge in [-0.15, -0.1) is 0 Å². The van der Waals surface area contributed by atoms with E-state index in [-0.39, 0.29) is 43.0 Å². The van der Waals surface area contributed by atoms with Crippen LogP contribution in [-0.4, -0.2) is 85.4 Å². The smallest absolute Gasteiger partial charge is 0.366 e. The van der Waals surface area contributed by atoms with Crippen LogP contribution >= 0.6 is 0 Å². The van der Waals surface area contributed by atoms with E-state index in [1.807, 2.05) is 12.1 Å². The molecule has 4 aliphatic rings. The lowest BCUT2D eigenvalue weighted by Gasteiger charge is -2.46. The van der Waals surface area contributed by atoms with Crippen molar-refractivity contribution in [1.82, 2.24) is 15.1 Å². The van der Waals surface area contributed by atoms with Crippen LogP contribution in [0.25, 0.3) is 0 Å². The van der Waals surface area contributed by atoms with Crippen molar-refractivity contribution in [2.24, 2.45) is 0 Å². The molecule has 1 N–H and O–H groups in total. The van der Waals surface area contributed by atoms with Gasteiger partial charge in [-0.25, -0.2) is 4.79 Å². The number of rotatable bonds is 2. The molecular weight excluding hydrogens is 425 g/mol. The van der Waals surface area contributed by atoms with Gasteiger partial charge < -0.3 is 24.8 Å². The first-order valence-electron chi connectivity index (χ1n) is 11.2. The molecule has 0 aliphatic carbocycles. The fourth-order valence-corrected chi connectivity index (χ4v) is 5.27. The quantitative estimate of drug-likeness (QED) is 0.748. The van der Waals surface area contributed by atoms with Crippen molar-refractivity contribution < 1.29 is 27.5 Å². The van der Waals surface area contributed by atoms with Gasteiger partial charge in [0.2, 0.25) is 5.91 Å². The highest BCUT2D eigenvalue weighted by Gasteiger charge is 2.46. The van der Waals surface area contributed by atoms with Gasteiger partial charge in [0.05, 0.1) is 12.1 Å². The first-order chi connectivity index (χ1) is 15.3. The number of anilines is 1. The largest absolute Gasteiger partial charge is 0.408 e. The SMILES string of the molecule is O=C1CO[C@H]2CCN(C(=O)N3CC(c4ccc(N5CCC[C@H]5C(F)(F)F)cc4)C3)C[C@H]2N1. The van der Waals surface area contributed by atoms with Crippen LogP contribution in [0.3, 0.4) is 0 Å². The van der Waals surface area contributed by atoms with E-state index in [0.717, 1.165) is 5.56 Å². The first kappa shape index (κ1) is 21.4. The molecule has 4 saturated heterocycles. The van der Waals surface area contributed by atoms with Crippen LogP contribution in [-0.2, 0) is 9.53 Å². The minimum atomic E-state index is -4.22. The average Bonchev–Trinajstić information content (AvgIpc) is 3.23. The number of morpholine rings is 1. The fourth-order valence-electron chi connectivity index (χ4n) is 5.27. The summed E-state index contributed by atoms with van der Waals surface area (Å²) in [7, 11) is 0. The highest BCUT2D eigenvalue weighted by molar-refractivity contribution is 5.79. The van der Waals surface area contributed by atoms with E-state index in [4.69, 9.17) is 4.74 Å². The molecule has 4 aliphatic heterocycles. The lowest BCUT2D eigenvalue weighted by Crippen LogP contribution is -2.63. The lowest BCUT2D eigenvalue weighted by atomic mass is 9.91. The van der Waals surface area contributed by atoms with Crippen molar-refractivity contribution in [3.05, 3.63) is 29.8 Å². The second-order valence-electron chi connectivity index (χ2n) is 9.13. The van der Waals surface area contributed by atoms with Crippen LogP contribution in [0.5, 0.6) is 0 Å². The molecule has 0 bridgehead atoms. The number of fused-ring (bicyclic) bond motifs is 1. The summed E-state index contributed by atoms with van der Waals surface area (Å²) >= 11 is 0. The Morgan fingerprint density at radius 3 is 2.50 bits per heavy atom. The third-order valence-electron chi connectivity index (χ3n) is 7.07. The van der Waals surface area contributed by atoms with Gasteiger partial charge in [0.15, 0.2) is 0 Å². The predicted molar refractivity (Wildman–Crippen MR) is 110 cm³/mol. The number of nitrogens with one attached hydrogen (secondary N) is 1. The van der Waals surface area contributed by atoms with Crippen LogP contribution in [0.15, 0.2) is 24.3 Å². The summed E-state index contributed by atoms with van der Waals surface area (Å²) in [5, 5.41) is 2.90. The van der Waals surface area contributed by atoms with Crippen LogP contribution in [0.1, 0.15) is 30.7 Å². The van der Waals surface area contributed by atoms with Gasteiger partial charge in [-0.3, -0.25) is 4.79 Å². The summed E-state index contributed by atoms with van der Waals surface area (Å²) in [6.07, 6.45) is -2.87. The zero-order chi connectivity index (χ0) is 22.5. The molecule has 4 fully saturated rings. The van der Waals surface area contributed by atoms with E-state index in [2.05, 4.69) is 5.32 Å². The van der Waals surface area contributed by atoms with Gasteiger partial charge in [-0.2, -0.15) is 13.2 Å². The number of amides is 3. The molecule has 174 valence electrons. The standard InChI is InChI=1S/C22H27F3N4O3/c23-22(24,25)19-2-1-8-29(19)16-5-3-14(4-6-16)15-10-28(11-15)21(31)27-9-7-18-17(12-27)26-20(30)13-32-18/h3-6,15,17-19H,1-2,7-13H2,(H,26,30)/t17-,18+,19+/m1/s1. The van der Waals surface area contributed by atoms with Crippen LogP contribution in [0, 0.1) is 0 Å². The Kier molecular flexibility index (Phi) is 5.43. The highest BCUT2D eigenvalue weighted by Crippen LogP contribution is 2.37. The molecule has 0 saturated carbocycles. The third kappa shape index (κ3) is 4.00. The molecule has 32 heavy (non-hydrogen) atoms. The number of nitrogens with zero attached hydrogens (tertiary/aromatic N) is 3. The maximum absolute atomic E-state index is 13.2. The van der Waals surface area contributed by atoms with Crippen molar-refractivity contribution in [3.63, 3.8) is 0 Å². The van der Waals surface area contributed by atoms with Crippen LogP contribution in [0.4, 0.5) is 23.7 Å². The third-order valence-corrected chi connectivity index (χ3v) is 7.07. The van der Waals surface area contributed by atoms with E-state index in [1.54, 1.807) is 21.9 Å². The Labute approximate surface area is 184 Å². The van der Waals surface area contributed by atoms with Crippen molar-refractivity contribution in [2.75, 3.05) is 44.2 Å². The van der Waals surface area contributed by atoms with Gasteiger partial charge in [0, 0.05) is 44.3 Å². The Hall–Kier alpha value is -2.49. The number of piperidine rings is 1. The second-order valence-corrected chi connectivity index (χ2v) is 9.13. The highest BCUT2D eigenvalue weighted by atomic mass is 19.4. The number of benzene rings is 1. The molecule has 1 aromatic rings.